The number of aromatic amines is 1. The average molecular weight is 470 g/mol. The molecule has 0 spiro atoms. The first-order chi connectivity index (χ1) is 16.3. The Morgan fingerprint density at radius 3 is 2.44 bits per heavy atom. The van der Waals surface area contributed by atoms with Gasteiger partial charge in [0.25, 0.3) is 0 Å². The summed E-state index contributed by atoms with van der Waals surface area (Å²) in [5, 5.41) is 12.2. The Balaban J connectivity index is 1.87. The summed E-state index contributed by atoms with van der Waals surface area (Å²) in [6, 6.07) is 5.28. The molecular formula is C25H35N5O4. The van der Waals surface area contributed by atoms with Gasteiger partial charge in [-0.05, 0) is 37.3 Å². The zero-order chi connectivity index (χ0) is 24.7. The topological polar surface area (TPSA) is 132 Å². The highest BCUT2D eigenvalue weighted by molar-refractivity contribution is 5.95. The van der Waals surface area contributed by atoms with Gasteiger partial charge in [-0.3, -0.25) is 19.2 Å². The van der Waals surface area contributed by atoms with Gasteiger partial charge in [-0.1, -0.05) is 38.5 Å². The molecule has 34 heavy (non-hydrogen) atoms. The average Bonchev–Trinajstić information content (AvgIpc) is 3.20. The van der Waals surface area contributed by atoms with Crippen LogP contribution < -0.4 is 21.3 Å². The van der Waals surface area contributed by atoms with Gasteiger partial charge in [0, 0.05) is 36.5 Å². The minimum Gasteiger partial charge on any atom is -0.361 e. The standard InChI is InChI=1S/C25H35N5O4/c1-15(2)22-25(34)26-12-8-4-5-11-21(31)28-16(3)23(32)29-20(24(33)30-22)13-17-14-27-19-10-7-6-9-18(17)19/h6-7,9-10,14-16,20,22,27H,4-5,8,11-13H2,1-3H3,(H,26,34)(H,28,31)(H,29,32)(H,30,33)/t16-,20-,22?/m0/s1. The molecule has 1 saturated heterocycles. The SMILES string of the molecule is CC(C)C1NC(=O)[C@H](Cc2c[nH]c3ccccc23)NC(=O)[C@H](C)NC(=O)CCCCCNC1=O. The predicted octanol–water partition coefficient (Wildman–Crippen LogP) is 1.53. The normalized spacial score (nSPS) is 23.8. The lowest BCUT2D eigenvalue weighted by atomic mass is 10.00. The van der Waals surface area contributed by atoms with Crippen LogP contribution in [0.3, 0.4) is 0 Å². The summed E-state index contributed by atoms with van der Waals surface area (Å²) in [7, 11) is 0. The van der Waals surface area contributed by atoms with Gasteiger partial charge in [-0.2, -0.15) is 0 Å². The Morgan fingerprint density at radius 2 is 1.68 bits per heavy atom. The maximum atomic E-state index is 13.3. The highest BCUT2D eigenvalue weighted by Crippen LogP contribution is 2.19. The van der Waals surface area contributed by atoms with Crippen LogP contribution in [-0.4, -0.2) is 53.3 Å². The largest absolute Gasteiger partial charge is 0.361 e. The number of para-hydroxylation sites is 1. The Bertz CT molecular complexity index is 1030. The Morgan fingerprint density at radius 1 is 0.912 bits per heavy atom. The summed E-state index contributed by atoms with van der Waals surface area (Å²) in [6.07, 6.45) is 4.54. The first-order valence-electron chi connectivity index (χ1n) is 12.0. The fraction of sp³-hybridized carbons (Fsp3) is 0.520. The molecule has 1 unspecified atom stereocenters. The number of amides is 4. The number of aromatic nitrogens is 1. The van der Waals surface area contributed by atoms with Crippen LogP contribution in [0, 0.1) is 5.92 Å². The highest BCUT2D eigenvalue weighted by Gasteiger charge is 2.30. The van der Waals surface area contributed by atoms with E-state index in [0.717, 1.165) is 29.3 Å². The lowest BCUT2D eigenvalue weighted by Crippen LogP contribution is -2.58. The molecule has 2 heterocycles. The van der Waals surface area contributed by atoms with Gasteiger partial charge >= 0.3 is 0 Å². The molecule has 1 fully saturated rings. The molecule has 0 aliphatic carbocycles. The summed E-state index contributed by atoms with van der Waals surface area (Å²) in [4.78, 5) is 54.4. The van der Waals surface area contributed by atoms with Crippen LogP contribution in [0.2, 0.25) is 0 Å². The molecule has 2 aromatic rings. The number of hydrogen-bond acceptors (Lipinski definition) is 4. The van der Waals surface area contributed by atoms with E-state index in [2.05, 4.69) is 26.3 Å². The number of hydrogen-bond donors (Lipinski definition) is 5. The van der Waals surface area contributed by atoms with Crippen LogP contribution in [0.25, 0.3) is 10.9 Å². The number of nitrogens with one attached hydrogen (secondary N) is 5. The van der Waals surface area contributed by atoms with E-state index in [0.29, 0.717) is 19.4 Å². The molecule has 3 atom stereocenters. The van der Waals surface area contributed by atoms with E-state index in [1.54, 1.807) is 6.92 Å². The number of rotatable bonds is 3. The zero-order valence-corrected chi connectivity index (χ0v) is 20.1. The first-order valence-corrected chi connectivity index (χ1v) is 12.0. The number of carbonyl (C=O) groups excluding carboxylic acids is 4. The lowest BCUT2D eigenvalue weighted by molar-refractivity contribution is -0.134. The molecule has 184 valence electrons. The van der Waals surface area contributed by atoms with E-state index in [-0.39, 0.29) is 24.2 Å². The Labute approximate surface area is 199 Å². The summed E-state index contributed by atoms with van der Waals surface area (Å²) in [5.74, 6) is -1.50. The van der Waals surface area contributed by atoms with Crippen LogP contribution in [0.4, 0.5) is 0 Å². The number of carbonyl (C=O) groups is 4. The second-order valence-electron chi connectivity index (χ2n) is 9.25. The van der Waals surface area contributed by atoms with Crippen molar-refractivity contribution in [1.82, 2.24) is 26.3 Å². The Kier molecular flexibility index (Phi) is 8.67. The van der Waals surface area contributed by atoms with Crippen molar-refractivity contribution in [3.63, 3.8) is 0 Å². The van der Waals surface area contributed by atoms with Crippen molar-refractivity contribution in [2.24, 2.45) is 5.92 Å². The predicted molar refractivity (Wildman–Crippen MR) is 130 cm³/mol. The zero-order valence-electron chi connectivity index (χ0n) is 20.1. The fourth-order valence-electron chi connectivity index (χ4n) is 4.10. The van der Waals surface area contributed by atoms with Crippen molar-refractivity contribution < 1.29 is 19.2 Å². The molecule has 3 rings (SSSR count). The molecule has 0 radical (unpaired) electrons. The molecular weight excluding hydrogens is 434 g/mol. The van der Waals surface area contributed by atoms with E-state index < -0.39 is 29.9 Å². The molecule has 1 aromatic heterocycles. The van der Waals surface area contributed by atoms with Crippen molar-refractivity contribution in [3.8, 4) is 0 Å². The first kappa shape index (κ1) is 25.3. The summed E-state index contributed by atoms with van der Waals surface area (Å²) < 4.78 is 0. The smallest absolute Gasteiger partial charge is 0.243 e. The van der Waals surface area contributed by atoms with Crippen LogP contribution in [-0.2, 0) is 25.6 Å². The van der Waals surface area contributed by atoms with Gasteiger partial charge in [-0.25, -0.2) is 0 Å². The molecule has 4 amide bonds. The lowest BCUT2D eigenvalue weighted by Gasteiger charge is -2.26. The van der Waals surface area contributed by atoms with E-state index in [4.69, 9.17) is 0 Å². The van der Waals surface area contributed by atoms with Gasteiger partial charge in [0.05, 0.1) is 0 Å². The summed E-state index contributed by atoms with van der Waals surface area (Å²) in [6.45, 7) is 5.81. The second-order valence-corrected chi connectivity index (χ2v) is 9.25. The molecule has 9 nitrogen and oxygen atoms in total. The van der Waals surface area contributed by atoms with E-state index in [1.165, 1.54) is 0 Å². The van der Waals surface area contributed by atoms with E-state index >= 15 is 0 Å². The number of H-pyrrole nitrogens is 1. The fourth-order valence-corrected chi connectivity index (χ4v) is 4.10. The van der Waals surface area contributed by atoms with Gasteiger partial charge in [0.1, 0.15) is 18.1 Å². The maximum Gasteiger partial charge on any atom is 0.243 e. The van der Waals surface area contributed by atoms with Crippen LogP contribution in [0.15, 0.2) is 30.5 Å². The van der Waals surface area contributed by atoms with Crippen LogP contribution in [0.5, 0.6) is 0 Å². The minimum absolute atomic E-state index is 0.134. The number of benzene rings is 1. The van der Waals surface area contributed by atoms with Crippen molar-refractivity contribution >= 4 is 34.5 Å². The monoisotopic (exact) mass is 469 g/mol. The van der Waals surface area contributed by atoms with Crippen molar-refractivity contribution in [3.05, 3.63) is 36.0 Å². The third-order valence-electron chi connectivity index (χ3n) is 6.13. The Hall–Kier alpha value is -3.36. The minimum atomic E-state index is -0.923. The molecule has 9 heteroatoms. The van der Waals surface area contributed by atoms with Gasteiger partial charge in [0.15, 0.2) is 0 Å². The van der Waals surface area contributed by atoms with Crippen molar-refractivity contribution in [2.45, 2.75) is 71.0 Å². The van der Waals surface area contributed by atoms with Gasteiger partial charge in [-0.15, -0.1) is 0 Å². The van der Waals surface area contributed by atoms with Gasteiger partial charge in [0.2, 0.25) is 23.6 Å². The summed E-state index contributed by atoms with van der Waals surface area (Å²) >= 11 is 0. The van der Waals surface area contributed by atoms with Crippen molar-refractivity contribution in [1.29, 1.82) is 0 Å². The molecule has 1 aromatic carbocycles. The van der Waals surface area contributed by atoms with E-state index in [9.17, 15) is 19.2 Å². The molecule has 0 saturated carbocycles. The molecule has 1 aliphatic rings. The number of fused-ring (bicyclic) bond motifs is 1. The third-order valence-corrected chi connectivity index (χ3v) is 6.13. The molecule has 0 bridgehead atoms. The quantitative estimate of drug-likeness (QED) is 0.466. The van der Waals surface area contributed by atoms with Crippen molar-refractivity contribution in [2.75, 3.05) is 6.54 Å². The van der Waals surface area contributed by atoms with Gasteiger partial charge < -0.3 is 26.3 Å². The highest BCUT2D eigenvalue weighted by atomic mass is 16.2. The maximum absolute atomic E-state index is 13.3. The molecule has 5 N–H and O–H groups in total. The molecule has 1 aliphatic heterocycles. The van der Waals surface area contributed by atoms with Crippen LogP contribution in [0.1, 0.15) is 52.0 Å². The summed E-state index contributed by atoms with van der Waals surface area (Å²) in [5.41, 5.74) is 1.80. The van der Waals surface area contributed by atoms with E-state index in [1.807, 2.05) is 44.3 Å². The second kappa shape index (κ2) is 11.7. The van der Waals surface area contributed by atoms with Crippen LogP contribution >= 0.6 is 0 Å². The third kappa shape index (κ3) is 6.59.